The monoisotopic (exact) mass is 299 g/mol. The van der Waals surface area contributed by atoms with Crippen molar-refractivity contribution in [3.05, 3.63) is 17.3 Å². The van der Waals surface area contributed by atoms with Crippen molar-refractivity contribution in [3.8, 4) is 0 Å². The molecule has 1 fully saturated rings. The molecular formula is C12H14ClN3O2S. The normalized spacial score (nSPS) is 18.9. The number of pyridine rings is 1. The molecule has 19 heavy (non-hydrogen) atoms. The Labute approximate surface area is 120 Å². The molecule has 0 radical (unpaired) electrons. The molecule has 0 aromatic carbocycles. The van der Waals surface area contributed by atoms with Crippen LogP contribution in [0.3, 0.4) is 0 Å². The molecule has 1 amide bonds. The van der Waals surface area contributed by atoms with E-state index in [1.165, 1.54) is 18.7 Å². The minimum atomic E-state index is 0.00461. The maximum atomic E-state index is 12.0. The number of amides is 1. The lowest BCUT2D eigenvalue weighted by atomic mass is 10.1. The summed E-state index contributed by atoms with van der Waals surface area (Å²) in [5, 5.41) is 0.371. The van der Waals surface area contributed by atoms with Crippen LogP contribution in [0.1, 0.15) is 13.3 Å². The summed E-state index contributed by atoms with van der Waals surface area (Å²) in [7, 11) is 0. The zero-order valence-corrected chi connectivity index (χ0v) is 12.0. The van der Waals surface area contributed by atoms with Gasteiger partial charge in [0.25, 0.3) is 0 Å². The summed E-state index contributed by atoms with van der Waals surface area (Å²) >= 11 is 6.99. The van der Waals surface area contributed by atoms with E-state index < -0.39 is 0 Å². The summed E-state index contributed by atoms with van der Waals surface area (Å²) in [6.45, 7) is 2.09. The number of carbonyl (C=O) groups excluding carboxylic acids is 2. The number of nitrogens with zero attached hydrogens (tertiary/aromatic N) is 2. The summed E-state index contributed by atoms with van der Waals surface area (Å²) in [6.07, 6.45) is 0.433. The van der Waals surface area contributed by atoms with E-state index in [1.807, 2.05) is 0 Å². The van der Waals surface area contributed by atoms with Crippen molar-refractivity contribution in [3.63, 3.8) is 0 Å². The smallest absolute Gasteiger partial charge is 0.227 e. The fourth-order valence-corrected chi connectivity index (χ4v) is 2.88. The second-order valence-electron chi connectivity index (χ2n) is 4.42. The van der Waals surface area contributed by atoms with Crippen LogP contribution in [0.25, 0.3) is 0 Å². The number of nitrogen functional groups attached to an aromatic ring is 1. The molecular weight excluding hydrogens is 286 g/mol. The average Bonchev–Trinajstić information content (AvgIpc) is 2.68. The topological polar surface area (TPSA) is 76.3 Å². The molecule has 1 saturated heterocycles. The third-order valence-electron chi connectivity index (χ3n) is 2.89. The van der Waals surface area contributed by atoms with Gasteiger partial charge in [-0.25, -0.2) is 4.98 Å². The molecule has 1 aliphatic rings. The summed E-state index contributed by atoms with van der Waals surface area (Å²) in [5.41, 5.74) is 6.37. The van der Waals surface area contributed by atoms with Gasteiger partial charge in [0, 0.05) is 25.6 Å². The number of thioether (sulfide) groups is 1. The molecule has 1 unspecified atom stereocenters. The van der Waals surface area contributed by atoms with E-state index in [-0.39, 0.29) is 22.8 Å². The van der Waals surface area contributed by atoms with E-state index in [9.17, 15) is 9.59 Å². The van der Waals surface area contributed by atoms with Crippen molar-refractivity contribution in [2.24, 2.45) is 5.92 Å². The first-order chi connectivity index (χ1) is 8.97. The molecule has 102 valence electrons. The Balaban J connectivity index is 2.09. The number of rotatable bonds is 3. The average molecular weight is 300 g/mol. The lowest BCUT2D eigenvalue weighted by Crippen LogP contribution is -2.26. The van der Waals surface area contributed by atoms with Crippen LogP contribution in [-0.4, -0.2) is 28.3 Å². The van der Waals surface area contributed by atoms with Gasteiger partial charge in [0.15, 0.2) is 5.12 Å². The Morgan fingerprint density at radius 1 is 1.63 bits per heavy atom. The van der Waals surface area contributed by atoms with Crippen molar-refractivity contribution in [2.45, 2.75) is 13.3 Å². The van der Waals surface area contributed by atoms with Crippen LogP contribution in [-0.2, 0) is 9.59 Å². The van der Waals surface area contributed by atoms with Crippen molar-refractivity contribution < 1.29 is 9.59 Å². The summed E-state index contributed by atoms with van der Waals surface area (Å²) in [5.74, 6) is 1.07. The van der Waals surface area contributed by atoms with Crippen LogP contribution in [0.4, 0.5) is 11.5 Å². The highest BCUT2D eigenvalue weighted by molar-refractivity contribution is 8.13. The minimum Gasteiger partial charge on any atom is -0.382 e. The van der Waals surface area contributed by atoms with E-state index in [1.54, 1.807) is 17.0 Å². The number of carbonyl (C=O) groups is 2. The third kappa shape index (κ3) is 3.39. The Hall–Kier alpha value is -1.27. The van der Waals surface area contributed by atoms with Gasteiger partial charge in [-0.15, -0.1) is 0 Å². The number of hydrogen-bond donors (Lipinski definition) is 1. The lowest BCUT2D eigenvalue weighted by molar-refractivity contribution is -0.117. The number of hydrogen-bond acceptors (Lipinski definition) is 5. The lowest BCUT2D eigenvalue weighted by Gasteiger charge is -2.18. The Morgan fingerprint density at radius 3 is 3.00 bits per heavy atom. The second-order valence-corrected chi connectivity index (χ2v) is 6.00. The molecule has 2 heterocycles. The van der Waals surface area contributed by atoms with Crippen LogP contribution in [0.15, 0.2) is 12.1 Å². The van der Waals surface area contributed by atoms with Gasteiger partial charge in [-0.05, 0) is 18.1 Å². The fourth-order valence-electron chi connectivity index (χ4n) is 2.03. The maximum absolute atomic E-state index is 12.0. The zero-order chi connectivity index (χ0) is 14.0. The standard InChI is InChI=1S/C12H14ClN3O2S/c1-7(17)19-6-8-4-11(18)16(5-8)9-2-3-10(13)15-12(9)14/h2-3,8H,4-6H2,1H3,(H2,14,15). The maximum Gasteiger partial charge on any atom is 0.227 e. The zero-order valence-electron chi connectivity index (χ0n) is 10.4. The Kier molecular flexibility index (Phi) is 4.31. The summed E-state index contributed by atoms with van der Waals surface area (Å²) in [6, 6.07) is 3.31. The number of nitrogens with two attached hydrogens (primary N) is 1. The van der Waals surface area contributed by atoms with Crippen LogP contribution in [0, 0.1) is 5.92 Å². The van der Waals surface area contributed by atoms with Crippen LogP contribution < -0.4 is 10.6 Å². The van der Waals surface area contributed by atoms with Gasteiger partial charge in [0.1, 0.15) is 11.0 Å². The van der Waals surface area contributed by atoms with Gasteiger partial charge in [0.2, 0.25) is 5.91 Å². The molecule has 2 rings (SSSR count). The molecule has 2 N–H and O–H groups in total. The molecule has 0 spiro atoms. The quantitative estimate of drug-likeness (QED) is 0.863. The number of halogens is 1. The highest BCUT2D eigenvalue weighted by Crippen LogP contribution is 2.31. The molecule has 0 saturated carbocycles. The van der Waals surface area contributed by atoms with Crippen molar-refractivity contribution in [2.75, 3.05) is 22.9 Å². The van der Waals surface area contributed by atoms with Gasteiger partial charge in [-0.1, -0.05) is 23.4 Å². The molecule has 5 nitrogen and oxygen atoms in total. The predicted molar refractivity (Wildman–Crippen MR) is 77.3 cm³/mol. The van der Waals surface area contributed by atoms with Gasteiger partial charge >= 0.3 is 0 Å². The second kappa shape index (κ2) is 5.79. The molecule has 1 aromatic heterocycles. The predicted octanol–water partition coefficient (Wildman–Crippen LogP) is 1.95. The van der Waals surface area contributed by atoms with Crippen LogP contribution in [0.5, 0.6) is 0 Å². The Bertz CT molecular complexity index is 524. The first-order valence-electron chi connectivity index (χ1n) is 5.83. The van der Waals surface area contributed by atoms with Crippen LogP contribution >= 0.6 is 23.4 Å². The van der Waals surface area contributed by atoms with Gasteiger partial charge in [0.05, 0.1) is 5.69 Å². The molecule has 1 atom stereocenters. The highest BCUT2D eigenvalue weighted by Gasteiger charge is 2.32. The van der Waals surface area contributed by atoms with Crippen molar-refractivity contribution >= 4 is 45.9 Å². The molecule has 0 bridgehead atoms. The summed E-state index contributed by atoms with van der Waals surface area (Å²) < 4.78 is 0. The number of anilines is 2. The van der Waals surface area contributed by atoms with E-state index in [4.69, 9.17) is 17.3 Å². The highest BCUT2D eigenvalue weighted by atomic mass is 35.5. The number of aromatic nitrogens is 1. The van der Waals surface area contributed by atoms with Crippen LogP contribution in [0.2, 0.25) is 5.15 Å². The molecule has 7 heteroatoms. The minimum absolute atomic E-state index is 0.00461. The molecule has 1 aromatic rings. The van der Waals surface area contributed by atoms with E-state index >= 15 is 0 Å². The van der Waals surface area contributed by atoms with Gasteiger partial charge < -0.3 is 10.6 Å². The fraction of sp³-hybridized carbons (Fsp3) is 0.417. The first-order valence-corrected chi connectivity index (χ1v) is 7.19. The van der Waals surface area contributed by atoms with E-state index in [0.717, 1.165) is 0 Å². The summed E-state index contributed by atoms with van der Waals surface area (Å²) in [4.78, 5) is 28.5. The van der Waals surface area contributed by atoms with Crippen molar-refractivity contribution in [1.29, 1.82) is 0 Å². The SMILES string of the molecule is CC(=O)SCC1CC(=O)N(c2ccc(Cl)nc2N)C1. The Morgan fingerprint density at radius 2 is 2.37 bits per heavy atom. The van der Waals surface area contributed by atoms with Gasteiger partial charge in [-0.2, -0.15) is 0 Å². The first kappa shape index (κ1) is 14.1. The molecule has 0 aliphatic carbocycles. The largest absolute Gasteiger partial charge is 0.382 e. The molecule has 1 aliphatic heterocycles. The van der Waals surface area contributed by atoms with Gasteiger partial charge in [-0.3, -0.25) is 9.59 Å². The van der Waals surface area contributed by atoms with E-state index in [2.05, 4.69) is 4.98 Å². The van der Waals surface area contributed by atoms with E-state index in [0.29, 0.717) is 29.6 Å². The third-order valence-corrected chi connectivity index (χ3v) is 4.14. The van der Waals surface area contributed by atoms with Crippen molar-refractivity contribution in [1.82, 2.24) is 4.98 Å².